The summed E-state index contributed by atoms with van der Waals surface area (Å²) in [4.78, 5) is 18.5. The molecule has 142 valence electrons. The summed E-state index contributed by atoms with van der Waals surface area (Å²) in [5, 5.41) is 0. The topological polar surface area (TPSA) is 26.8 Å². The molecule has 3 rings (SSSR count). The van der Waals surface area contributed by atoms with E-state index in [4.69, 9.17) is 0 Å². The second kappa shape index (κ2) is 11.3. The predicted molar refractivity (Wildman–Crippen MR) is 107 cm³/mol. The van der Waals surface area contributed by atoms with Gasteiger partial charge in [-0.3, -0.25) is 9.69 Å². The summed E-state index contributed by atoms with van der Waals surface area (Å²) in [6, 6.07) is 9.33. The van der Waals surface area contributed by atoms with E-state index in [-0.39, 0.29) is 5.91 Å². The Morgan fingerprint density at radius 3 is 2.12 bits per heavy atom. The molecule has 4 heteroatoms. The fraction of sp³-hybridized carbons (Fsp3) is 0.667. The summed E-state index contributed by atoms with van der Waals surface area (Å²) >= 11 is 0. The molecule has 1 fully saturated rings. The molecular formula is C21H37N3O. The lowest BCUT2D eigenvalue weighted by Gasteiger charge is -2.34. The van der Waals surface area contributed by atoms with Crippen molar-refractivity contribution in [3.05, 3.63) is 35.4 Å². The average molecular weight is 348 g/mol. The number of rotatable bonds is 4. The minimum atomic E-state index is 0.270. The smallest absolute Gasteiger partial charge is 0.236 e. The van der Waals surface area contributed by atoms with E-state index >= 15 is 0 Å². The van der Waals surface area contributed by atoms with Gasteiger partial charge in [-0.2, -0.15) is 0 Å². The largest absolute Gasteiger partial charge is 0.339 e. The summed E-state index contributed by atoms with van der Waals surface area (Å²) in [7, 11) is 4.20. The molecule has 0 N–H and O–H groups in total. The standard InChI is InChI=1S/C17H25N3O.2C2H6/c1-18-7-9-20(17(21)13-18)10-8-19(2)16-11-14-5-3-4-6-15(14)12-16;2*1-2/h3-6,16H,7-13H2,1-2H3;2*1-2H3. The first-order chi connectivity index (χ1) is 12.1. The Labute approximate surface area is 154 Å². The summed E-state index contributed by atoms with van der Waals surface area (Å²) < 4.78 is 0. The highest BCUT2D eigenvalue weighted by atomic mass is 16.2. The molecule has 0 spiro atoms. The first-order valence-corrected chi connectivity index (χ1v) is 9.87. The van der Waals surface area contributed by atoms with Crippen molar-refractivity contribution in [1.29, 1.82) is 0 Å². The molecular weight excluding hydrogens is 310 g/mol. The number of benzene rings is 1. The average Bonchev–Trinajstić information content (AvgIpc) is 3.08. The fourth-order valence-electron chi connectivity index (χ4n) is 3.37. The lowest BCUT2D eigenvalue weighted by atomic mass is 10.1. The Morgan fingerprint density at radius 1 is 1.04 bits per heavy atom. The molecule has 1 saturated heterocycles. The van der Waals surface area contributed by atoms with E-state index in [1.54, 1.807) is 0 Å². The van der Waals surface area contributed by atoms with Crippen LogP contribution in [-0.4, -0.2) is 73.5 Å². The zero-order valence-electron chi connectivity index (χ0n) is 17.1. The maximum Gasteiger partial charge on any atom is 0.236 e. The van der Waals surface area contributed by atoms with Gasteiger partial charge in [0.15, 0.2) is 0 Å². The fourth-order valence-corrected chi connectivity index (χ4v) is 3.37. The highest BCUT2D eigenvalue weighted by Gasteiger charge is 2.26. The molecule has 1 heterocycles. The Bertz CT molecular complexity index is 493. The third-order valence-corrected chi connectivity index (χ3v) is 4.88. The van der Waals surface area contributed by atoms with E-state index in [0.717, 1.165) is 39.0 Å². The number of fused-ring (bicyclic) bond motifs is 1. The zero-order valence-corrected chi connectivity index (χ0v) is 17.1. The van der Waals surface area contributed by atoms with Gasteiger partial charge in [-0.1, -0.05) is 52.0 Å². The number of nitrogens with zero attached hydrogens (tertiary/aromatic N) is 3. The first-order valence-electron chi connectivity index (χ1n) is 9.87. The molecule has 0 atom stereocenters. The third-order valence-electron chi connectivity index (χ3n) is 4.88. The summed E-state index contributed by atoms with van der Waals surface area (Å²) in [6.07, 6.45) is 2.28. The molecule has 0 saturated carbocycles. The second-order valence-corrected chi connectivity index (χ2v) is 6.43. The number of carbonyl (C=O) groups excluding carboxylic acids is 1. The second-order valence-electron chi connectivity index (χ2n) is 6.43. The number of piperazine rings is 1. The van der Waals surface area contributed by atoms with Gasteiger partial charge in [0, 0.05) is 32.2 Å². The van der Waals surface area contributed by atoms with Gasteiger partial charge < -0.3 is 9.80 Å². The zero-order chi connectivity index (χ0) is 18.8. The summed E-state index contributed by atoms with van der Waals surface area (Å²) in [5.74, 6) is 0.270. The molecule has 0 bridgehead atoms. The highest BCUT2D eigenvalue weighted by Crippen LogP contribution is 2.24. The normalized spacial score (nSPS) is 17.6. The van der Waals surface area contributed by atoms with E-state index in [1.807, 2.05) is 39.6 Å². The van der Waals surface area contributed by atoms with Gasteiger partial charge in [-0.05, 0) is 38.1 Å². The van der Waals surface area contributed by atoms with Crippen molar-refractivity contribution in [2.24, 2.45) is 0 Å². The van der Waals surface area contributed by atoms with Crippen LogP contribution in [0.5, 0.6) is 0 Å². The van der Waals surface area contributed by atoms with Gasteiger partial charge in [-0.25, -0.2) is 0 Å². The molecule has 0 aromatic heterocycles. The molecule has 1 aliphatic heterocycles. The number of hydrogen-bond acceptors (Lipinski definition) is 3. The maximum atomic E-state index is 12.0. The quantitative estimate of drug-likeness (QED) is 0.838. The molecule has 2 aliphatic rings. The number of likely N-dealkylation sites (N-methyl/N-ethyl adjacent to an activating group) is 2. The van der Waals surface area contributed by atoms with Crippen LogP contribution in [0.4, 0.5) is 0 Å². The van der Waals surface area contributed by atoms with E-state index in [0.29, 0.717) is 12.6 Å². The van der Waals surface area contributed by atoms with Crippen molar-refractivity contribution in [3.63, 3.8) is 0 Å². The minimum absolute atomic E-state index is 0.270. The number of hydrogen-bond donors (Lipinski definition) is 0. The van der Waals surface area contributed by atoms with Crippen LogP contribution in [-0.2, 0) is 17.6 Å². The highest BCUT2D eigenvalue weighted by molar-refractivity contribution is 5.78. The molecule has 4 nitrogen and oxygen atoms in total. The van der Waals surface area contributed by atoms with Gasteiger partial charge in [0.1, 0.15) is 0 Å². The Balaban J connectivity index is 0.000000730. The lowest BCUT2D eigenvalue weighted by Crippen LogP contribution is -2.51. The molecule has 1 amide bonds. The first kappa shape index (κ1) is 21.7. The van der Waals surface area contributed by atoms with Crippen molar-refractivity contribution in [2.75, 3.05) is 46.8 Å². The Morgan fingerprint density at radius 2 is 1.60 bits per heavy atom. The van der Waals surface area contributed by atoms with Crippen LogP contribution in [0.25, 0.3) is 0 Å². The van der Waals surface area contributed by atoms with E-state index in [1.165, 1.54) is 11.1 Å². The third kappa shape index (κ3) is 6.12. The van der Waals surface area contributed by atoms with Gasteiger partial charge in [0.2, 0.25) is 5.91 Å². The number of amides is 1. The Hall–Kier alpha value is -1.39. The van der Waals surface area contributed by atoms with Gasteiger partial charge >= 0.3 is 0 Å². The van der Waals surface area contributed by atoms with E-state index in [2.05, 4.69) is 41.1 Å². The van der Waals surface area contributed by atoms with Crippen LogP contribution < -0.4 is 0 Å². The van der Waals surface area contributed by atoms with Crippen LogP contribution in [0.15, 0.2) is 24.3 Å². The van der Waals surface area contributed by atoms with Crippen LogP contribution in [0.2, 0.25) is 0 Å². The van der Waals surface area contributed by atoms with Crippen LogP contribution in [0, 0.1) is 0 Å². The minimum Gasteiger partial charge on any atom is -0.339 e. The molecule has 1 aromatic carbocycles. The van der Waals surface area contributed by atoms with Crippen molar-refractivity contribution in [1.82, 2.24) is 14.7 Å². The van der Waals surface area contributed by atoms with E-state index in [9.17, 15) is 4.79 Å². The molecule has 1 aliphatic carbocycles. The monoisotopic (exact) mass is 347 g/mol. The number of carbonyl (C=O) groups is 1. The molecule has 0 radical (unpaired) electrons. The summed E-state index contributed by atoms with van der Waals surface area (Å²) in [6.45, 7) is 12.3. The van der Waals surface area contributed by atoms with E-state index < -0.39 is 0 Å². The van der Waals surface area contributed by atoms with Crippen molar-refractivity contribution >= 4 is 5.91 Å². The van der Waals surface area contributed by atoms with Crippen molar-refractivity contribution in [2.45, 2.75) is 46.6 Å². The molecule has 0 unspecified atom stereocenters. The maximum absolute atomic E-state index is 12.0. The van der Waals surface area contributed by atoms with Crippen LogP contribution in [0.1, 0.15) is 38.8 Å². The van der Waals surface area contributed by atoms with Gasteiger partial charge in [-0.15, -0.1) is 0 Å². The Kier molecular flexibility index (Phi) is 9.76. The molecule has 1 aromatic rings. The van der Waals surface area contributed by atoms with Gasteiger partial charge in [0.05, 0.1) is 6.54 Å². The van der Waals surface area contributed by atoms with Crippen molar-refractivity contribution < 1.29 is 4.79 Å². The molecule has 25 heavy (non-hydrogen) atoms. The SMILES string of the molecule is CC.CC.CN1CCN(CCN(C)C2Cc3ccccc3C2)C(=O)C1. The predicted octanol–water partition coefficient (Wildman–Crippen LogP) is 2.91. The van der Waals surface area contributed by atoms with Crippen LogP contribution in [0.3, 0.4) is 0 Å². The van der Waals surface area contributed by atoms with Crippen molar-refractivity contribution in [3.8, 4) is 0 Å². The van der Waals surface area contributed by atoms with Crippen LogP contribution >= 0.6 is 0 Å². The summed E-state index contributed by atoms with van der Waals surface area (Å²) in [5.41, 5.74) is 2.98. The van der Waals surface area contributed by atoms with Gasteiger partial charge in [0.25, 0.3) is 0 Å². The lowest BCUT2D eigenvalue weighted by molar-refractivity contribution is -0.135.